The first-order valence-electron chi connectivity index (χ1n) is 18.6. The summed E-state index contributed by atoms with van der Waals surface area (Å²) in [7, 11) is -6.54. The number of aliphatic hydroxyl groups is 2. The minimum absolute atomic E-state index is 0.258. The van der Waals surface area contributed by atoms with E-state index in [1.165, 1.54) is 0 Å². The van der Waals surface area contributed by atoms with Crippen LogP contribution in [0.5, 0.6) is 0 Å². The average molecular weight is 747 g/mol. The first kappa shape index (κ1) is 39.0. The van der Waals surface area contributed by atoms with Crippen LogP contribution in [-0.2, 0) is 24.9 Å². The second-order valence-electron chi connectivity index (χ2n) is 16.0. The standard InChI is InChI=1S/C45H54O6Si2/c1-44(2,3)52(35-24-14-8-15-25-35,36-26-16-9-17-27-36)50-41-40(48-33-34-22-12-7-13-23-34)39(32-46)49-43(47)42(41)51-53(45(4,5)6,37-28-18-10-19-29-37)38-30-20-11-21-31-38/h7-31,39-43,46-47H,32-33H2,1-6H3/t39-,40-,41+,42-,43+/m1/s1. The summed E-state index contributed by atoms with van der Waals surface area (Å²) in [6.45, 7) is 13.2. The molecule has 5 atom stereocenters. The maximum Gasteiger partial charge on any atom is 0.261 e. The fraction of sp³-hybridized carbons (Fsp3) is 0.333. The summed E-state index contributed by atoms with van der Waals surface area (Å²) in [4.78, 5) is 0. The van der Waals surface area contributed by atoms with Crippen molar-refractivity contribution in [3.05, 3.63) is 157 Å². The summed E-state index contributed by atoms with van der Waals surface area (Å²) in [6, 6.07) is 51.6. The van der Waals surface area contributed by atoms with Crippen molar-refractivity contribution in [1.82, 2.24) is 0 Å². The van der Waals surface area contributed by atoms with Gasteiger partial charge in [0, 0.05) is 0 Å². The highest BCUT2D eigenvalue weighted by Gasteiger charge is 2.60. The normalized spacial score (nSPS) is 21.3. The van der Waals surface area contributed by atoms with Gasteiger partial charge in [-0.2, -0.15) is 0 Å². The van der Waals surface area contributed by atoms with E-state index < -0.39 is 52.4 Å². The van der Waals surface area contributed by atoms with Crippen LogP contribution in [0.15, 0.2) is 152 Å². The van der Waals surface area contributed by atoms with Crippen molar-refractivity contribution in [2.45, 2.75) is 88.9 Å². The van der Waals surface area contributed by atoms with Gasteiger partial charge in [-0.25, -0.2) is 0 Å². The molecule has 0 aromatic heterocycles. The quantitative estimate of drug-likeness (QED) is 0.149. The molecule has 0 unspecified atom stereocenters. The summed E-state index contributed by atoms with van der Waals surface area (Å²) in [5.41, 5.74) is 0.976. The maximum atomic E-state index is 12.3. The third-order valence-corrected chi connectivity index (χ3v) is 20.6. The van der Waals surface area contributed by atoms with Crippen LogP contribution < -0.4 is 20.7 Å². The zero-order valence-electron chi connectivity index (χ0n) is 31.8. The lowest BCUT2D eigenvalue weighted by Gasteiger charge is -2.54. The van der Waals surface area contributed by atoms with E-state index in [4.69, 9.17) is 18.3 Å². The second kappa shape index (κ2) is 16.3. The Bertz CT molecular complexity index is 1770. The SMILES string of the molecule is CC(C)(C)[Si](O[C@@H]1[C@@H](O[Si](c2ccccc2)(c2ccccc2)C(C)(C)C)[C@@H](O)O[C@H](CO)[C@H]1OCc1ccccc1)(c1ccccc1)c1ccccc1. The molecule has 53 heavy (non-hydrogen) atoms. The van der Waals surface area contributed by atoms with Gasteiger partial charge in [0.1, 0.15) is 24.4 Å². The predicted molar refractivity (Wildman–Crippen MR) is 218 cm³/mol. The molecule has 2 N–H and O–H groups in total. The molecule has 278 valence electrons. The second-order valence-corrected chi connectivity index (χ2v) is 24.5. The van der Waals surface area contributed by atoms with Gasteiger partial charge in [0.15, 0.2) is 6.29 Å². The van der Waals surface area contributed by atoms with E-state index >= 15 is 0 Å². The molecule has 1 aliphatic rings. The molecule has 8 heteroatoms. The fourth-order valence-corrected chi connectivity index (χ4v) is 17.4. The van der Waals surface area contributed by atoms with E-state index in [9.17, 15) is 10.2 Å². The van der Waals surface area contributed by atoms with Crippen LogP contribution in [0.3, 0.4) is 0 Å². The van der Waals surface area contributed by atoms with Crippen molar-refractivity contribution in [2.75, 3.05) is 6.61 Å². The molecule has 0 aliphatic carbocycles. The minimum atomic E-state index is -3.27. The highest BCUT2D eigenvalue weighted by atomic mass is 28.4. The van der Waals surface area contributed by atoms with Crippen molar-refractivity contribution in [2.24, 2.45) is 0 Å². The van der Waals surface area contributed by atoms with Crippen LogP contribution in [0.4, 0.5) is 0 Å². The van der Waals surface area contributed by atoms with Gasteiger partial charge < -0.3 is 28.5 Å². The van der Waals surface area contributed by atoms with E-state index in [0.717, 1.165) is 26.3 Å². The fourth-order valence-electron chi connectivity index (χ4n) is 8.06. The summed E-state index contributed by atoms with van der Waals surface area (Å²) < 4.78 is 28.8. The smallest absolute Gasteiger partial charge is 0.261 e. The zero-order valence-corrected chi connectivity index (χ0v) is 33.8. The summed E-state index contributed by atoms with van der Waals surface area (Å²) in [5.74, 6) is 0. The van der Waals surface area contributed by atoms with Crippen molar-refractivity contribution < 1.29 is 28.5 Å². The topological polar surface area (TPSA) is 77.4 Å². The van der Waals surface area contributed by atoms with Gasteiger partial charge >= 0.3 is 0 Å². The molecule has 0 spiro atoms. The summed E-state index contributed by atoms with van der Waals surface area (Å²) in [5, 5.41) is 26.7. The molecule has 6 nitrogen and oxygen atoms in total. The summed E-state index contributed by atoms with van der Waals surface area (Å²) in [6.07, 6.45) is -4.95. The van der Waals surface area contributed by atoms with E-state index in [0.29, 0.717) is 0 Å². The van der Waals surface area contributed by atoms with E-state index in [-0.39, 0.29) is 18.3 Å². The number of hydrogen-bond acceptors (Lipinski definition) is 6. The average Bonchev–Trinajstić information content (AvgIpc) is 3.17. The van der Waals surface area contributed by atoms with Gasteiger partial charge in [-0.1, -0.05) is 193 Å². The molecule has 0 bridgehead atoms. The van der Waals surface area contributed by atoms with Crippen molar-refractivity contribution in [3.63, 3.8) is 0 Å². The number of ether oxygens (including phenoxy) is 2. The van der Waals surface area contributed by atoms with Gasteiger partial charge in [0.05, 0.1) is 13.2 Å². The van der Waals surface area contributed by atoms with Crippen LogP contribution in [0, 0.1) is 0 Å². The highest BCUT2D eigenvalue weighted by molar-refractivity contribution is 7.00. The Kier molecular flexibility index (Phi) is 12.0. The molecule has 5 aromatic carbocycles. The van der Waals surface area contributed by atoms with Crippen LogP contribution in [0.25, 0.3) is 0 Å². The Morgan fingerprint density at radius 1 is 0.509 bits per heavy atom. The van der Waals surface area contributed by atoms with Crippen molar-refractivity contribution in [3.8, 4) is 0 Å². The Morgan fingerprint density at radius 2 is 0.849 bits per heavy atom. The number of rotatable bonds is 12. The molecule has 1 aliphatic heterocycles. The molecular weight excluding hydrogens is 693 g/mol. The van der Waals surface area contributed by atoms with Crippen LogP contribution in [-0.4, -0.2) is 64.2 Å². The predicted octanol–water partition coefficient (Wildman–Crippen LogP) is 6.17. The van der Waals surface area contributed by atoms with Gasteiger partial charge in [-0.15, -0.1) is 0 Å². The largest absolute Gasteiger partial charge is 0.399 e. The minimum Gasteiger partial charge on any atom is -0.399 e. The number of benzene rings is 5. The summed E-state index contributed by atoms with van der Waals surface area (Å²) >= 11 is 0. The Hall–Kier alpha value is -3.71. The molecule has 1 saturated heterocycles. The Labute approximate surface area is 317 Å². The molecule has 0 amide bonds. The molecule has 0 radical (unpaired) electrons. The van der Waals surface area contributed by atoms with Gasteiger partial charge in [-0.05, 0) is 36.4 Å². The number of hydrogen-bond donors (Lipinski definition) is 2. The van der Waals surface area contributed by atoms with E-state index in [2.05, 4.69) is 114 Å². The lowest BCUT2D eigenvalue weighted by molar-refractivity contribution is -0.288. The van der Waals surface area contributed by atoms with Gasteiger partial charge in [0.25, 0.3) is 16.6 Å². The lowest BCUT2D eigenvalue weighted by atomic mass is 9.99. The molecule has 5 aromatic rings. The van der Waals surface area contributed by atoms with Crippen molar-refractivity contribution in [1.29, 1.82) is 0 Å². The van der Waals surface area contributed by atoms with Crippen LogP contribution in [0.2, 0.25) is 10.1 Å². The zero-order chi connectivity index (χ0) is 37.7. The Morgan fingerprint density at radius 3 is 1.19 bits per heavy atom. The first-order valence-corrected chi connectivity index (χ1v) is 22.4. The Balaban J connectivity index is 1.60. The van der Waals surface area contributed by atoms with Gasteiger partial charge in [-0.3, -0.25) is 0 Å². The van der Waals surface area contributed by atoms with Gasteiger partial charge in [0.2, 0.25) is 0 Å². The molecule has 6 rings (SSSR count). The molecule has 1 heterocycles. The molecular formula is C45H54O6Si2. The van der Waals surface area contributed by atoms with Crippen molar-refractivity contribution >= 4 is 37.4 Å². The highest BCUT2D eigenvalue weighted by Crippen LogP contribution is 2.43. The third kappa shape index (κ3) is 7.79. The number of aliphatic hydroxyl groups excluding tert-OH is 2. The van der Waals surface area contributed by atoms with Crippen LogP contribution in [0.1, 0.15) is 47.1 Å². The molecule has 0 saturated carbocycles. The first-order chi connectivity index (χ1) is 25.4. The third-order valence-electron chi connectivity index (χ3n) is 10.5. The van der Waals surface area contributed by atoms with Crippen LogP contribution >= 0.6 is 0 Å². The van der Waals surface area contributed by atoms with E-state index in [1.54, 1.807) is 0 Å². The van der Waals surface area contributed by atoms with E-state index in [1.807, 2.05) is 78.9 Å². The lowest BCUT2D eigenvalue weighted by Crippen LogP contribution is -2.75. The monoisotopic (exact) mass is 746 g/mol. The maximum absolute atomic E-state index is 12.3. The molecule has 1 fully saturated rings.